The Morgan fingerprint density at radius 2 is 2.05 bits per heavy atom. The van der Waals surface area contributed by atoms with Gasteiger partial charge in [0.05, 0.1) is 0 Å². The minimum absolute atomic E-state index is 0.0808. The van der Waals surface area contributed by atoms with Crippen molar-refractivity contribution < 1.29 is 9.53 Å². The first-order valence-corrected chi connectivity index (χ1v) is 6.56. The van der Waals surface area contributed by atoms with Gasteiger partial charge in [0.2, 0.25) is 0 Å². The number of rotatable bonds is 6. The van der Waals surface area contributed by atoms with E-state index in [0.29, 0.717) is 6.54 Å². The molecule has 0 heterocycles. The predicted octanol–water partition coefficient (Wildman–Crippen LogP) is 1.75. The second-order valence-electron chi connectivity index (χ2n) is 5.12. The lowest BCUT2D eigenvalue weighted by Gasteiger charge is -2.17. The number of carbonyl (C=O) groups is 1. The van der Waals surface area contributed by atoms with Gasteiger partial charge >= 0.3 is 0 Å². The minimum Gasteiger partial charge on any atom is -0.481 e. The molecule has 1 aromatic rings. The number of nitrogens with one attached hydrogen (secondary N) is 1. The smallest absolute Gasteiger partial charge is 0.260 e. The lowest BCUT2D eigenvalue weighted by atomic mass is 10.1. The van der Waals surface area contributed by atoms with Gasteiger partial charge in [-0.25, -0.2) is 0 Å². The van der Waals surface area contributed by atoms with E-state index < -0.39 is 6.10 Å². The Morgan fingerprint density at radius 3 is 2.68 bits per heavy atom. The van der Waals surface area contributed by atoms with Crippen LogP contribution < -0.4 is 10.1 Å². The van der Waals surface area contributed by atoms with E-state index in [0.717, 1.165) is 23.4 Å². The van der Waals surface area contributed by atoms with Crippen molar-refractivity contribution in [1.29, 1.82) is 0 Å². The first-order chi connectivity index (χ1) is 8.90. The van der Waals surface area contributed by atoms with Gasteiger partial charge in [0.15, 0.2) is 6.10 Å². The molecule has 0 bridgehead atoms. The highest BCUT2D eigenvalue weighted by atomic mass is 16.5. The minimum atomic E-state index is -0.484. The molecule has 0 spiro atoms. The van der Waals surface area contributed by atoms with Gasteiger partial charge < -0.3 is 15.0 Å². The molecule has 1 aromatic carbocycles. The summed E-state index contributed by atoms with van der Waals surface area (Å²) in [4.78, 5) is 13.9. The first kappa shape index (κ1) is 15.5. The Labute approximate surface area is 115 Å². The van der Waals surface area contributed by atoms with Crippen molar-refractivity contribution in [3.05, 3.63) is 29.3 Å². The normalized spacial score (nSPS) is 12.3. The van der Waals surface area contributed by atoms with Crippen LogP contribution in [0.3, 0.4) is 0 Å². The van der Waals surface area contributed by atoms with Crippen molar-refractivity contribution in [2.45, 2.75) is 26.9 Å². The van der Waals surface area contributed by atoms with Crippen LogP contribution in [0.5, 0.6) is 5.75 Å². The molecule has 1 atom stereocenters. The van der Waals surface area contributed by atoms with Crippen molar-refractivity contribution in [2.75, 3.05) is 27.2 Å². The van der Waals surface area contributed by atoms with Gasteiger partial charge in [-0.2, -0.15) is 0 Å². The van der Waals surface area contributed by atoms with Crippen LogP contribution in [0.15, 0.2) is 18.2 Å². The van der Waals surface area contributed by atoms with Crippen molar-refractivity contribution in [3.63, 3.8) is 0 Å². The number of aryl methyl sites for hydroxylation is 2. The predicted molar refractivity (Wildman–Crippen MR) is 77.6 cm³/mol. The molecule has 19 heavy (non-hydrogen) atoms. The molecule has 0 radical (unpaired) electrons. The van der Waals surface area contributed by atoms with Gasteiger partial charge in [-0.1, -0.05) is 12.1 Å². The third kappa shape index (κ3) is 5.30. The van der Waals surface area contributed by atoms with E-state index in [1.54, 1.807) is 6.92 Å². The highest BCUT2D eigenvalue weighted by molar-refractivity contribution is 5.80. The summed E-state index contributed by atoms with van der Waals surface area (Å²) in [5.41, 5.74) is 2.17. The highest BCUT2D eigenvalue weighted by Crippen LogP contribution is 2.20. The van der Waals surface area contributed by atoms with Gasteiger partial charge in [-0.05, 0) is 52.1 Å². The second kappa shape index (κ2) is 7.14. The third-order valence-corrected chi connectivity index (χ3v) is 2.87. The van der Waals surface area contributed by atoms with Gasteiger partial charge in [0.1, 0.15) is 5.75 Å². The fourth-order valence-corrected chi connectivity index (χ4v) is 1.62. The molecule has 106 valence electrons. The van der Waals surface area contributed by atoms with E-state index in [1.165, 1.54) is 0 Å². The molecule has 4 nitrogen and oxygen atoms in total. The molecule has 0 aliphatic carbocycles. The quantitative estimate of drug-likeness (QED) is 0.851. The number of hydrogen-bond acceptors (Lipinski definition) is 3. The molecule has 1 amide bonds. The largest absolute Gasteiger partial charge is 0.481 e. The summed E-state index contributed by atoms with van der Waals surface area (Å²) in [6.07, 6.45) is -0.484. The summed E-state index contributed by atoms with van der Waals surface area (Å²) in [6.45, 7) is 7.21. The third-order valence-electron chi connectivity index (χ3n) is 2.87. The number of hydrogen-bond donors (Lipinski definition) is 1. The molecule has 0 saturated carbocycles. The van der Waals surface area contributed by atoms with E-state index >= 15 is 0 Å². The lowest BCUT2D eigenvalue weighted by Crippen LogP contribution is -2.39. The fraction of sp³-hybridized carbons (Fsp3) is 0.533. The molecule has 1 rings (SSSR count). The SMILES string of the molecule is Cc1ccc(C)c(OC(C)C(=O)NCCN(C)C)c1. The molecule has 0 saturated heterocycles. The average Bonchev–Trinajstić information content (AvgIpc) is 2.33. The number of likely N-dealkylation sites (N-methyl/N-ethyl adjacent to an activating group) is 1. The molecule has 0 aliphatic rings. The van der Waals surface area contributed by atoms with Crippen molar-refractivity contribution in [2.24, 2.45) is 0 Å². The maximum atomic E-state index is 11.9. The van der Waals surface area contributed by atoms with Crippen LogP contribution in [-0.4, -0.2) is 44.1 Å². The number of ether oxygens (including phenoxy) is 1. The maximum absolute atomic E-state index is 11.9. The zero-order valence-electron chi connectivity index (χ0n) is 12.5. The first-order valence-electron chi connectivity index (χ1n) is 6.56. The van der Waals surface area contributed by atoms with Crippen LogP contribution in [0.1, 0.15) is 18.1 Å². The van der Waals surface area contributed by atoms with Crippen molar-refractivity contribution in [1.82, 2.24) is 10.2 Å². The number of nitrogens with zero attached hydrogens (tertiary/aromatic N) is 1. The number of carbonyl (C=O) groups excluding carboxylic acids is 1. The summed E-state index contributed by atoms with van der Waals surface area (Å²) in [7, 11) is 3.95. The van der Waals surface area contributed by atoms with Gasteiger partial charge in [0.25, 0.3) is 5.91 Å². The van der Waals surface area contributed by atoms with E-state index in [9.17, 15) is 4.79 Å². The molecule has 0 aliphatic heterocycles. The Balaban J connectivity index is 2.51. The van der Waals surface area contributed by atoms with Crippen molar-refractivity contribution >= 4 is 5.91 Å². The summed E-state index contributed by atoms with van der Waals surface area (Å²) < 4.78 is 5.72. The topological polar surface area (TPSA) is 41.6 Å². The van der Waals surface area contributed by atoms with Crippen molar-refractivity contribution in [3.8, 4) is 5.75 Å². The Morgan fingerprint density at radius 1 is 1.37 bits per heavy atom. The summed E-state index contributed by atoms with van der Waals surface area (Å²) >= 11 is 0. The maximum Gasteiger partial charge on any atom is 0.260 e. The average molecular weight is 264 g/mol. The molecule has 0 fully saturated rings. The van der Waals surface area contributed by atoms with E-state index in [-0.39, 0.29) is 5.91 Å². The van der Waals surface area contributed by atoms with Crippen LogP contribution >= 0.6 is 0 Å². The Hall–Kier alpha value is -1.55. The number of benzene rings is 1. The highest BCUT2D eigenvalue weighted by Gasteiger charge is 2.15. The molecule has 0 aromatic heterocycles. The Kier molecular flexibility index (Phi) is 5.83. The lowest BCUT2D eigenvalue weighted by molar-refractivity contribution is -0.127. The van der Waals surface area contributed by atoms with Gasteiger partial charge in [-0.3, -0.25) is 4.79 Å². The molecule has 1 unspecified atom stereocenters. The summed E-state index contributed by atoms with van der Waals surface area (Å²) in [5, 5.41) is 2.86. The van der Waals surface area contributed by atoms with Crippen LogP contribution in [0.2, 0.25) is 0 Å². The van der Waals surface area contributed by atoms with Gasteiger partial charge in [-0.15, -0.1) is 0 Å². The Bertz CT molecular complexity index is 430. The molecule has 4 heteroatoms. The second-order valence-corrected chi connectivity index (χ2v) is 5.12. The van der Waals surface area contributed by atoms with E-state index in [2.05, 4.69) is 5.32 Å². The standard InChI is InChI=1S/C15H24N2O2/c1-11-6-7-12(2)14(10-11)19-13(3)15(18)16-8-9-17(4)5/h6-7,10,13H,8-9H2,1-5H3,(H,16,18). The van der Waals surface area contributed by atoms with E-state index in [1.807, 2.05) is 51.0 Å². The van der Waals surface area contributed by atoms with Gasteiger partial charge in [0, 0.05) is 13.1 Å². The number of amides is 1. The monoisotopic (exact) mass is 264 g/mol. The zero-order valence-corrected chi connectivity index (χ0v) is 12.5. The van der Waals surface area contributed by atoms with Crippen LogP contribution in [0, 0.1) is 13.8 Å². The molecule has 1 N–H and O–H groups in total. The molecular weight excluding hydrogens is 240 g/mol. The van der Waals surface area contributed by atoms with Crippen LogP contribution in [0.4, 0.5) is 0 Å². The fourth-order valence-electron chi connectivity index (χ4n) is 1.62. The molecular formula is C15H24N2O2. The van der Waals surface area contributed by atoms with Crippen LogP contribution in [-0.2, 0) is 4.79 Å². The summed E-state index contributed by atoms with van der Waals surface area (Å²) in [5.74, 6) is 0.693. The summed E-state index contributed by atoms with van der Waals surface area (Å²) in [6, 6.07) is 5.99. The zero-order chi connectivity index (χ0) is 14.4. The van der Waals surface area contributed by atoms with Crippen LogP contribution in [0.25, 0.3) is 0 Å². The van der Waals surface area contributed by atoms with E-state index in [4.69, 9.17) is 4.74 Å².